The highest BCUT2D eigenvalue weighted by Gasteiger charge is 2.18. The molecule has 5 rings (SSSR count). The van der Waals surface area contributed by atoms with Crippen LogP contribution in [0.4, 0.5) is 5.95 Å². The summed E-state index contributed by atoms with van der Waals surface area (Å²) in [5.74, 6) is 2.57. The smallest absolute Gasteiger partial charge is 0.231 e. The molecule has 3 aromatic carbocycles. The van der Waals surface area contributed by atoms with Crippen LogP contribution in [0.2, 0.25) is 0 Å². The van der Waals surface area contributed by atoms with Crippen molar-refractivity contribution in [2.24, 2.45) is 5.10 Å². The van der Waals surface area contributed by atoms with Crippen molar-refractivity contribution in [3.8, 4) is 23.1 Å². The molecular weight excluding hydrogens is 428 g/mol. The van der Waals surface area contributed by atoms with E-state index in [1.165, 1.54) is 0 Å². The third-order valence-electron chi connectivity index (χ3n) is 5.17. The number of ether oxygens (including phenoxy) is 2. The molecule has 34 heavy (non-hydrogen) atoms. The van der Waals surface area contributed by atoms with Crippen LogP contribution in [0, 0.1) is 6.92 Å². The fraction of sp³-hybridized carbons (Fsp3) is 0.115. The van der Waals surface area contributed by atoms with Crippen molar-refractivity contribution in [1.29, 1.82) is 0 Å². The minimum atomic E-state index is 0.555. The lowest BCUT2D eigenvalue weighted by Gasteiger charge is -2.11. The van der Waals surface area contributed by atoms with Crippen LogP contribution < -0.4 is 14.9 Å². The molecule has 0 atom stereocenters. The van der Waals surface area contributed by atoms with E-state index in [0.717, 1.165) is 33.7 Å². The summed E-state index contributed by atoms with van der Waals surface area (Å²) in [5.41, 5.74) is 7.19. The molecule has 0 aliphatic rings. The first-order valence-electron chi connectivity index (χ1n) is 11.0. The molecule has 0 saturated heterocycles. The van der Waals surface area contributed by atoms with Crippen LogP contribution >= 0.6 is 0 Å². The lowest BCUT2D eigenvalue weighted by Crippen LogP contribution is -2.01. The maximum absolute atomic E-state index is 6.30. The Kier molecular flexibility index (Phi) is 5.94. The highest BCUT2D eigenvalue weighted by Crippen LogP contribution is 2.30. The zero-order chi connectivity index (χ0) is 23.3. The topological polar surface area (TPSA) is 89.3 Å². The lowest BCUT2D eigenvalue weighted by atomic mass is 10.2. The van der Waals surface area contributed by atoms with Gasteiger partial charge in [0, 0.05) is 0 Å². The number of aromatic nitrogens is 4. The molecule has 8 heteroatoms. The number of fused-ring (bicyclic) bond motifs is 1. The molecule has 0 bridgehead atoms. The maximum atomic E-state index is 6.30. The normalized spacial score (nSPS) is 11.2. The average Bonchev–Trinajstić information content (AvgIpc) is 3.42. The van der Waals surface area contributed by atoms with Gasteiger partial charge in [0.15, 0.2) is 0 Å². The second-order valence-corrected chi connectivity index (χ2v) is 7.53. The average molecular weight is 453 g/mol. The standard InChI is InChI=1S/C26H24N6O2/c1-3-33-20-13-15-21(16-14-20)34-25-22(18(2)31-32(25)19-9-5-4-6-10-19)17-27-30-26-28-23-11-7-8-12-24(23)29-26/h4-17H,3H2,1-2H3,(H2,28,29,30). The molecule has 0 aliphatic carbocycles. The minimum absolute atomic E-state index is 0.555. The molecule has 5 aromatic rings. The van der Waals surface area contributed by atoms with Crippen LogP contribution in [0.5, 0.6) is 17.4 Å². The van der Waals surface area contributed by atoms with Gasteiger partial charge in [0.05, 0.1) is 40.8 Å². The number of hydrogen-bond donors (Lipinski definition) is 2. The van der Waals surface area contributed by atoms with Gasteiger partial charge in [-0.2, -0.15) is 14.9 Å². The first-order valence-corrected chi connectivity index (χ1v) is 11.0. The van der Waals surface area contributed by atoms with E-state index in [-0.39, 0.29) is 0 Å². The van der Waals surface area contributed by atoms with E-state index in [0.29, 0.717) is 24.2 Å². The number of H-pyrrole nitrogens is 1. The fourth-order valence-electron chi connectivity index (χ4n) is 3.56. The number of para-hydroxylation sites is 3. The Morgan fingerprint density at radius 3 is 2.47 bits per heavy atom. The van der Waals surface area contributed by atoms with Crippen molar-refractivity contribution in [1.82, 2.24) is 19.7 Å². The van der Waals surface area contributed by atoms with Crippen LogP contribution in [0.1, 0.15) is 18.2 Å². The van der Waals surface area contributed by atoms with E-state index in [9.17, 15) is 0 Å². The molecular formula is C26H24N6O2. The van der Waals surface area contributed by atoms with Gasteiger partial charge in [0.1, 0.15) is 11.5 Å². The number of hydrogen-bond acceptors (Lipinski definition) is 6. The van der Waals surface area contributed by atoms with Crippen molar-refractivity contribution in [2.45, 2.75) is 13.8 Å². The van der Waals surface area contributed by atoms with E-state index >= 15 is 0 Å². The maximum Gasteiger partial charge on any atom is 0.231 e. The van der Waals surface area contributed by atoms with E-state index < -0.39 is 0 Å². The third-order valence-corrected chi connectivity index (χ3v) is 5.17. The zero-order valence-electron chi connectivity index (χ0n) is 18.9. The van der Waals surface area contributed by atoms with Crippen molar-refractivity contribution in [3.05, 3.63) is 90.1 Å². The number of aromatic amines is 1. The monoisotopic (exact) mass is 452 g/mol. The Hall–Kier alpha value is -4.59. The molecule has 0 unspecified atom stereocenters. The van der Waals surface area contributed by atoms with Crippen LogP contribution in [-0.2, 0) is 0 Å². The molecule has 2 heterocycles. The Labute approximate surface area is 196 Å². The largest absolute Gasteiger partial charge is 0.494 e. The SMILES string of the molecule is CCOc1ccc(Oc2c(C=NNc3nc4ccccc4[nH]3)c(C)nn2-c2ccccc2)cc1. The Morgan fingerprint density at radius 2 is 1.71 bits per heavy atom. The number of anilines is 1. The van der Waals surface area contributed by atoms with E-state index in [2.05, 4.69) is 20.5 Å². The second kappa shape index (κ2) is 9.50. The molecule has 0 amide bonds. The summed E-state index contributed by atoms with van der Waals surface area (Å²) in [4.78, 5) is 7.69. The van der Waals surface area contributed by atoms with Crippen molar-refractivity contribution in [2.75, 3.05) is 12.0 Å². The summed E-state index contributed by atoms with van der Waals surface area (Å²) in [6.07, 6.45) is 1.69. The highest BCUT2D eigenvalue weighted by atomic mass is 16.5. The Balaban J connectivity index is 1.46. The fourth-order valence-corrected chi connectivity index (χ4v) is 3.56. The molecule has 2 N–H and O–H groups in total. The lowest BCUT2D eigenvalue weighted by molar-refractivity contribution is 0.339. The van der Waals surface area contributed by atoms with Gasteiger partial charge in [-0.1, -0.05) is 30.3 Å². The van der Waals surface area contributed by atoms with Gasteiger partial charge < -0.3 is 14.5 Å². The van der Waals surface area contributed by atoms with Crippen molar-refractivity contribution >= 4 is 23.2 Å². The number of benzene rings is 3. The zero-order valence-corrected chi connectivity index (χ0v) is 18.9. The van der Waals surface area contributed by atoms with Gasteiger partial charge in [-0.25, -0.2) is 10.4 Å². The van der Waals surface area contributed by atoms with Gasteiger partial charge in [-0.15, -0.1) is 0 Å². The quantitative estimate of drug-likeness (QED) is 0.233. The van der Waals surface area contributed by atoms with Crippen LogP contribution in [0.15, 0.2) is 84.0 Å². The van der Waals surface area contributed by atoms with Gasteiger partial charge in [0.2, 0.25) is 11.8 Å². The van der Waals surface area contributed by atoms with Crippen molar-refractivity contribution < 1.29 is 9.47 Å². The number of aryl methyl sites for hydroxylation is 1. The van der Waals surface area contributed by atoms with Crippen LogP contribution in [0.3, 0.4) is 0 Å². The number of nitrogens with one attached hydrogen (secondary N) is 2. The first kappa shape index (κ1) is 21.3. The van der Waals surface area contributed by atoms with Gasteiger partial charge >= 0.3 is 0 Å². The second-order valence-electron chi connectivity index (χ2n) is 7.53. The number of imidazole rings is 1. The van der Waals surface area contributed by atoms with Crippen LogP contribution in [0.25, 0.3) is 16.7 Å². The number of hydrazone groups is 1. The van der Waals surface area contributed by atoms with Gasteiger partial charge in [-0.05, 0) is 62.4 Å². The molecule has 0 saturated carbocycles. The predicted molar refractivity (Wildman–Crippen MR) is 133 cm³/mol. The first-order chi connectivity index (χ1) is 16.7. The van der Waals surface area contributed by atoms with Crippen molar-refractivity contribution in [3.63, 3.8) is 0 Å². The van der Waals surface area contributed by atoms with Gasteiger partial charge in [-0.3, -0.25) is 0 Å². The third kappa shape index (κ3) is 4.47. The summed E-state index contributed by atoms with van der Waals surface area (Å²) < 4.78 is 13.6. The van der Waals surface area contributed by atoms with E-state index in [4.69, 9.17) is 14.6 Å². The summed E-state index contributed by atoms with van der Waals surface area (Å²) in [6, 6.07) is 25.2. The predicted octanol–water partition coefficient (Wildman–Crippen LogP) is 5.69. The Bertz CT molecular complexity index is 1390. The van der Waals surface area contributed by atoms with E-state index in [1.807, 2.05) is 92.7 Å². The summed E-state index contributed by atoms with van der Waals surface area (Å²) in [6.45, 7) is 4.49. The van der Waals surface area contributed by atoms with Gasteiger partial charge in [0.25, 0.3) is 0 Å². The molecule has 0 aliphatic heterocycles. The van der Waals surface area contributed by atoms with E-state index in [1.54, 1.807) is 10.9 Å². The summed E-state index contributed by atoms with van der Waals surface area (Å²) in [7, 11) is 0. The number of nitrogens with zero attached hydrogens (tertiary/aromatic N) is 4. The molecule has 0 fully saturated rings. The molecule has 8 nitrogen and oxygen atoms in total. The molecule has 0 radical (unpaired) electrons. The minimum Gasteiger partial charge on any atom is -0.494 e. The highest BCUT2D eigenvalue weighted by molar-refractivity contribution is 5.85. The number of rotatable bonds is 8. The summed E-state index contributed by atoms with van der Waals surface area (Å²) >= 11 is 0. The molecule has 2 aromatic heterocycles. The summed E-state index contributed by atoms with van der Waals surface area (Å²) in [5, 5.41) is 9.10. The molecule has 0 spiro atoms. The molecule has 170 valence electrons. The van der Waals surface area contributed by atoms with Crippen LogP contribution in [-0.4, -0.2) is 32.6 Å². The Morgan fingerprint density at radius 1 is 0.971 bits per heavy atom.